The lowest BCUT2D eigenvalue weighted by atomic mass is 9.83. The topological polar surface area (TPSA) is 94.5 Å². The second kappa shape index (κ2) is 9.35. The molecule has 7 nitrogen and oxygen atoms in total. The molecule has 6 bridgehead atoms. The summed E-state index contributed by atoms with van der Waals surface area (Å²) < 4.78 is 21.6. The summed E-state index contributed by atoms with van der Waals surface area (Å²) in [6, 6.07) is 8.49. The minimum absolute atomic E-state index is 0.0759. The smallest absolute Gasteiger partial charge is 0.251 e. The number of fused-ring (bicyclic) bond motifs is 6. The van der Waals surface area contributed by atoms with Gasteiger partial charge in [-0.25, -0.2) is 4.39 Å². The average molecular weight is 533 g/mol. The lowest BCUT2D eigenvalue weighted by molar-refractivity contribution is -0.132. The molecule has 5 aliphatic rings. The van der Waals surface area contributed by atoms with E-state index in [1.54, 1.807) is 6.07 Å². The number of ether oxygens (including phenoxy) is 1. The fraction of sp³-hybridized carbons (Fsp3) is 0.516. The molecular formula is C31H37FN4O3. The van der Waals surface area contributed by atoms with E-state index in [1.165, 1.54) is 16.5 Å². The van der Waals surface area contributed by atoms with Gasteiger partial charge in [-0.3, -0.25) is 19.9 Å². The van der Waals surface area contributed by atoms with E-state index in [0.717, 1.165) is 43.4 Å². The first-order chi connectivity index (χ1) is 18.6. The van der Waals surface area contributed by atoms with Crippen molar-refractivity contribution in [1.29, 1.82) is 5.41 Å². The summed E-state index contributed by atoms with van der Waals surface area (Å²) in [7, 11) is 0. The fourth-order valence-electron chi connectivity index (χ4n) is 7.00. The van der Waals surface area contributed by atoms with Crippen molar-refractivity contribution in [3.05, 3.63) is 64.0 Å². The van der Waals surface area contributed by atoms with Crippen LogP contribution in [0.2, 0.25) is 0 Å². The molecule has 3 atom stereocenters. The maximum absolute atomic E-state index is 15.4. The van der Waals surface area contributed by atoms with E-state index in [0.29, 0.717) is 36.8 Å². The number of nitrogens with zero attached hydrogens (tertiary/aromatic N) is 1. The Labute approximate surface area is 229 Å². The zero-order chi connectivity index (χ0) is 27.5. The van der Waals surface area contributed by atoms with Gasteiger partial charge in [-0.2, -0.15) is 0 Å². The van der Waals surface area contributed by atoms with Crippen LogP contribution in [0.1, 0.15) is 110 Å². The van der Waals surface area contributed by atoms with Gasteiger partial charge in [0.15, 0.2) is 5.96 Å². The Morgan fingerprint density at radius 1 is 1.13 bits per heavy atom. The minimum Gasteiger partial charge on any atom is -0.487 e. The molecule has 7 rings (SSSR count). The summed E-state index contributed by atoms with van der Waals surface area (Å²) >= 11 is 0. The van der Waals surface area contributed by atoms with Gasteiger partial charge < -0.3 is 15.4 Å². The Kier molecular flexibility index (Phi) is 6.19. The Morgan fingerprint density at radius 2 is 1.95 bits per heavy atom. The van der Waals surface area contributed by atoms with Crippen LogP contribution in [-0.4, -0.2) is 33.8 Å². The molecule has 2 amide bonds. The molecule has 0 aromatic heterocycles. The number of hydrogen-bond acceptors (Lipinski definition) is 4. The summed E-state index contributed by atoms with van der Waals surface area (Å²) in [5.74, 6) is -0.0558. The van der Waals surface area contributed by atoms with E-state index in [-0.39, 0.29) is 29.4 Å². The van der Waals surface area contributed by atoms with E-state index < -0.39 is 23.0 Å². The van der Waals surface area contributed by atoms with Gasteiger partial charge in [-0.1, -0.05) is 25.5 Å². The Bertz CT molecular complexity index is 1350. The van der Waals surface area contributed by atoms with Crippen LogP contribution < -0.4 is 15.4 Å². The van der Waals surface area contributed by atoms with Crippen molar-refractivity contribution in [3.8, 4) is 5.75 Å². The summed E-state index contributed by atoms with van der Waals surface area (Å²) in [6.45, 7) is 6.08. The summed E-state index contributed by atoms with van der Waals surface area (Å²) in [5, 5.41) is 15.4. The van der Waals surface area contributed by atoms with Crippen molar-refractivity contribution < 1.29 is 18.7 Å². The summed E-state index contributed by atoms with van der Waals surface area (Å²) in [4.78, 5) is 28.6. The van der Waals surface area contributed by atoms with E-state index >= 15 is 4.39 Å². The molecule has 1 aliphatic carbocycles. The van der Waals surface area contributed by atoms with Crippen LogP contribution in [0.4, 0.5) is 4.39 Å². The van der Waals surface area contributed by atoms with Crippen molar-refractivity contribution in [2.24, 2.45) is 0 Å². The molecule has 4 aliphatic heterocycles. The van der Waals surface area contributed by atoms with Crippen LogP contribution in [0.3, 0.4) is 0 Å². The molecule has 0 spiro atoms. The number of halogens is 1. The Morgan fingerprint density at radius 3 is 2.72 bits per heavy atom. The van der Waals surface area contributed by atoms with E-state index in [4.69, 9.17) is 10.1 Å². The number of guanidine groups is 1. The van der Waals surface area contributed by atoms with Gasteiger partial charge in [0.1, 0.15) is 17.2 Å². The van der Waals surface area contributed by atoms with Gasteiger partial charge in [0.05, 0.1) is 18.5 Å². The number of carbonyl (C=O) groups is 2. The number of benzene rings is 2. The third-order valence-corrected chi connectivity index (χ3v) is 9.10. The molecule has 206 valence electrons. The first-order valence-electron chi connectivity index (χ1n) is 14.2. The number of hydrogen-bond donors (Lipinski definition) is 3. The molecular weight excluding hydrogens is 495 g/mol. The zero-order valence-electron chi connectivity index (χ0n) is 23.0. The van der Waals surface area contributed by atoms with E-state index in [1.807, 2.05) is 19.9 Å². The number of rotatable bonds is 1. The number of nitrogens with one attached hydrogen (secondary N) is 3. The molecule has 2 aromatic rings. The number of amides is 2. The van der Waals surface area contributed by atoms with Gasteiger partial charge >= 0.3 is 0 Å². The first-order valence-corrected chi connectivity index (χ1v) is 14.2. The normalized spacial score (nSPS) is 27.8. The molecule has 0 saturated carbocycles. The molecule has 39 heavy (non-hydrogen) atoms. The fourth-order valence-corrected chi connectivity index (χ4v) is 7.00. The average Bonchev–Trinajstić information content (AvgIpc) is 3.29. The third-order valence-electron chi connectivity index (χ3n) is 9.10. The predicted molar refractivity (Wildman–Crippen MR) is 146 cm³/mol. The van der Waals surface area contributed by atoms with Gasteiger partial charge in [0.25, 0.3) is 5.91 Å². The van der Waals surface area contributed by atoms with Crippen LogP contribution >= 0.6 is 0 Å². The predicted octanol–water partition coefficient (Wildman–Crippen LogP) is 5.48. The van der Waals surface area contributed by atoms with Gasteiger partial charge in [-0.15, -0.1) is 0 Å². The summed E-state index contributed by atoms with van der Waals surface area (Å²) in [5.41, 5.74) is 2.59. The van der Waals surface area contributed by atoms with E-state index in [2.05, 4.69) is 29.7 Å². The van der Waals surface area contributed by atoms with Crippen molar-refractivity contribution in [2.75, 3.05) is 0 Å². The van der Waals surface area contributed by atoms with Crippen molar-refractivity contribution in [2.45, 2.75) is 102 Å². The molecule has 0 unspecified atom stereocenters. The Balaban J connectivity index is 1.43. The van der Waals surface area contributed by atoms with Crippen molar-refractivity contribution in [1.82, 2.24) is 15.5 Å². The molecule has 1 saturated heterocycles. The molecule has 8 heteroatoms. The quantitative estimate of drug-likeness (QED) is 0.454. The number of carbonyl (C=O) groups excluding carboxylic acids is 2. The first kappa shape index (κ1) is 25.8. The lowest BCUT2D eigenvalue weighted by Crippen LogP contribution is -2.62. The van der Waals surface area contributed by atoms with Gasteiger partial charge in [-0.05, 0) is 87.3 Å². The maximum atomic E-state index is 15.4. The molecule has 4 heterocycles. The highest BCUT2D eigenvalue weighted by atomic mass is 19.1. The highest BCUT2D eigenvalue weighted by Gasteiger charge is 2.45. The molecule has 0 radical (unpaired) electrons. The molecule has 2 aromatic carbocycles. The van der Waals surface area contributed by atoms with Crippen LogP contribution in [0, 0.1) is 11.2 Å². The van der Waals surface area contributed by atoms with E-state index in [9.17, 15) is 9.59 Å². The monoisotopic (exact) mass is 532 g/mol. The highest BCUT2D eigenvalue weighted by molar-refractivity contribution is 6.00. The highest BCUT2D eigenvalue weighted by Crippen LogP contribution is 2.43. The van der Waals surface area contributed by atoms with Gasteiger partial charge in [0, 0.05) is 23.1 Å². The SMILES string of the molecule is CC[C@]12CCCCc3ccc4c(c3)[C@H](CC(C)(C)O4)NC(=O)c3cc(F)c4c(c3)[C@@H](CC4)N(C(=N)N1)C(=O)C2. The Hall–Kier alpha value is -3.42. The van der Waals surface area contributed by atoms with Crippen molar-refractivity contribution in [3.63, 3.8) is 0 Å². The second-order valence-corrected chi connectivity index (χ2v) is 12.3. The minimum atomic E-state index is -0.466. The van der Waals surface area contributed by atoms with Crippen LogP contribution in [0.5, 0.6) is 5.75 Å². The molecule has 3 N–H and O–H groups in total. The summed E-state index contributed by atoms with van der Waals surface area (Å²) in [6.07, 6.45) is 6.16. The standard InChI is InChI=1S/C31H37FN4O3/c1-4-31-12-6-5-7-18-8-11-26-22(13-18)24(16-30(2,3)39-26)34-28(38)19-14-21-20(23(32)15-19)9-10-25(21)36(27(37)17-31)29(33)35-31/h8,11,13-15,24-25H,4-7,9-10,12,16-17H2,1-3H3,(H2,33,35)(H,34,38)/t24-,25+,31+/m0/s1. The van der Waals surface area contributed by atoms with Crippen LogP contribution in [0.15, 0.2) is 30.3 Å². The second-order valence-electron chi connectivity index (χ2n) is 12.3. The lowest BCUT2D eigenvalue weighted by Gasteiger charge is -2.45. The third kappa shape index (κ3) is 4.57. The van der Waals surface area contributed by atoms with Crippen LogP contribution in [-0.2, 0) is 17.6 Å². The molecule has 1 fully saturated rings. The van der Waals surface area contributed by atoms with Crippen molar-refractivity contribution >= 4 is 17.8 Å². The van der Waals surface area contributed by atoms with Crippen LogP contribution in [0.25, 0.3) is 0 Å². The number of aryl methyl sites for hydroxylation is 1. The largest absolute Gasteiger partial charge is 0.487 e. The van der Waals surface area contributed by atoms with Gasteiger partial charge in [0.2, 0.25) is 5.91 Å². The zero-order valence-corrected chi connectivity index (χ0v) is 23.0. The maximum Gasteiger partial charge on any atom is 0.251 e.